The summed E-state index contributed by atoms with van der Waals surface area (Å²) in [5.74, 6) is 1.31. The summed E-state index contributed by atoms with van der Waals surface area (Å²) >= 11 is 1.68. The Morgan fingerprint density at radius 3 is 2.62 bits per heavy atom. The van der Waals surface area contributed by atoms with E-state index in [1.807, 2.05) is 10.3 Å². The van der Waals surface area contributed by atoms with Gasteiger partial charge >= 0.3 is 0 Å². The van der Waals surface area contributed by atoms with Crippen molar-refractivity contribution in [2.24, 2.45) is 11.8 Å². The Bertz CT molecular complexity index is 551. The van der Waals surface area contributed by atoms with Crippen molar-refractivity contribution in [3.8, 4) is 0 Å². The molecular formula is C19H30N2O2S. The summed E-state index contributed by atoms with van der Waals surface area (Å²) in [4.78, 5) is 18.7. The van der Waals surface area contributed by atoms with Gasteiger partial charge in [0.1, 0.15) is 0 Å². The first-order valence-corrected chi connectivity index (χ1v) is 10.2. The van der Waals surface area contributed by atoms with E-state index in [2.05, 4.69) is 24.8 Å². The van der Waals surface area contributed by atoms with E-state index in [-0.39, 0.29) is 18.4 Å². The zero-order chi connectivity index (χ0) is 17.1. The lowest BCUT2D eigenvalue weighted by atomic mass is 9.89. The van der Waals surface area contributed by atoms with Crippen molar-refractivity contribution in [2.75, 3.05) is 39.3 Å². The van der Waals surface area contributed by atoms with Crippen LogP contribution in [-0.4, -0.2) is 60.1 Å². The smallest absolute Gasteiger partial charge is 0.254 e. The minimum Gasteiger partial charge on any atom is -0.396 e. The van der Waals surface area contributed by atoms with Gasteiger partial charge in [-0.3, -0.25) is 4.79 Å². The monoisotopic (exact) mass is 350 g/mol. The quantitative estimate of drug-likeness (QED) is 0.888. The SMILES string of the molecule is CC(C)c1cc(C(=O)N2C[C@H](CO)C[C@H](CN3CCCC3)C2)cs1. The highest BCUT2D eigenvalue weighted by Gasteiger charge is 2.32. The summed E-state index contributed by atoms with van der Waals surface area (Å²) in [7, 11) is 0. The van der Waals surface area contributed by atoms with Gasteiger partial charge in [-0.15, -0.1) is 11.3 Å². The first kappa shape index (κ1) is 17.9. The second kappa shape index (κ2) is 7.98. The van der Waals surface area contributed by atoms with Crippen molar-refractivity contribution in [2.45, 2.75) is 39.0 Å². The maximum atomic E-state index is 12.9. The third kappa shape index (κ3) is 4.19. The molecule has 0 aromatic carbocycles. The number of carbonyl (C=O) groups excluding carboxylic acids is 1. The van der Waals surface area contributed by atoms with E-state index in [1.165, 1.54) is 30.8 Å². The molecule has 24 heavy (non-hydrogen) atoms. The molecule has 3 heterocycles. The first-order valence-electron chi connectivity index (χ1n) is 9.27. The Labute approximate surface area is 149 Å². The Morgan fingerprint density at radius 2 is 2.00 bits per heavy atom. The van der Waals surface area contributed by atoms with E-state index in [0.29, 0.717) is 18.4 Å². The van der Waals surface area contributed by atoms with E-state index in [4.69, 9.17) is 0 Å². The molecule has 4 nitrogen and oxygen atoms in total. The van der Waals surface area contributed by atoms with Crippen LogP contribution in [0.5, 0.6) is 0 Å². The second-order valence-electron chi connectivity index (χ2n) is 7.76. The number of hydrogen-bond acceptors (Lipinski definition) is 4. The van der Waals surface area contributed by atoms with Crippen LogP contribution in [0.2, 0.25) is 0 Å². The van der Waals surface area contributed by atoms with Crippen LogP contribution in [0.25, 0.3) is 0 Å². The van der Waals surface area contributed by atoms with E-state index < -0.39 is 0 Å². The number of likely N-dealkylation sites (tertiary alicyclic amines) is 2. The van der Waals surface area contributed by atoms with Gasteiger partial charge in [-0.25, -0.2) is 0 Å². The van der Waals surface area contributed by atoms with E-state index >= 15 is 0 Å². The fraction of sp³-hybridized carbons (Fsp3) is 0.737. The number of aliphatic hydroxyl groups excluding tert-OH is 1. The van der Waals surface area contributed by atoms with Crippen molar-refractivity contribution >= 4 is 17.2 Å². The molecule has 0 radical (unpaired) electrons. The molecule has 3 rings (SSSR count). The molecule has 2 aliphatic heterocycles. The summed E-state index contributed by atoms with van der Waals surface area (Å²) in [6.07, 6.45) is 3.63. The van der Waals surface area contributed by atoms with Gasteiger partial charge in [0.15, 0.2) is 0 Å². The third-order valence-electron chi connectivity index (χ3n) is 5.32. The molecule has 134 valence electrons. The van der Waals surface area contributed by atoms with Crippen LogP contribution >= 0.6 is 11.3 Å². The summed E-state index contributed by atoms with van der Waals surface area (Å²) in [6, 6.07) is 2.05. The molecule has 0 bridgehead atoms. The fourth-order valence-electron chi connectivity index (χ4n) is 4.03. The Hall–Kier alpha value is -0.910. The fourth-order valence-corrected chi connectivity index (χ4v) is 4.93. The van der Waals surface area contributed by atoms with Crippen molar-refractivity contribution < 1.29 is 9.90 Å². The van der Waals surface area contributed by atoms with Crippen LogP contribution in [0, 0.1) is 11.8 Å². The van der Waals surface area contributed by atoms with Crippen LogP contribution in [0.4, 0.5) is 0 Å². The van der Waals surface area contributed by atoms with Crippen molar-refractivity contribution in [3.63, 3.8) is 0 Å². The van der Waals surface area contributed by atoms with Gasteiger partial charge in [-0.1, -0.05) is 13.8 Å². The molecule has 1 aromatic heterocycles. The summed E-state index contributed by atoms with van der Waals surface area (Å²) in [5, 5.41) is 11.7. The zero-order valence-electron chi connectivity index (χ0n) is 14.9. The van der Waals surface area contributed by atoms with Gasteiger partial charge in [-0.05, 0) is 56.2 Å². The lowest BCUT2D eigenvalue weighted by molar-refractivity contribution is 0.0466. The predicted octanol–water partition coefficient (Wildman–Crippen LogP) is 3.04. The number of thiophene rings is 1. The molecule has 2 atom stereocenters. The third-order valence-corrected chi connectivity index (χ3v) is 6.55. The van der Waals surface area contributed by atoms with Gasteiger partial charge in [0, 0.05) is 36.5 Å². The topological polar surface area (TPSA) is 43.8 Å². The first-order chi connectivity index (χ1) is 11.6. The highest BCUT2D eigenvalue weighted by molar-refractivity contribution is 7.10. The van der Waals surface area contributed by atoms with Crippen LogP contribution in [0.3, 0.4) is 0 Å². The van der Waals surface area contributed by atoms with Gasteiger partial charge in [0.05, 0.1) is 5.56 Å². The van der Waals surface area contributed by atoms with E-state index in [1.54, 1.807) is 11.3 Å². The van der Waals surface area contributed by atoms with Crippen LogP contribution < -0.4 is 0 Å². The van der Waals surface area contributed by atoms with Gasteiger partial charge in [0.25, 0.3) is 5.91 Å². The maximum Gasteiger partial charge on any atom is 0.254 e. The molecule has 1 N–H and O–H groups in total. The van der Waals surface area contributed by atoms with Crippen molar-refractivity contribution in [1.82, 2.24) is 9.80 Å². The standard InChI is InChI=1S/C19H30N2O2S/c1-14(2)18-8-17(13-24-18)19(23)21-10-15(7-16(11-21)12-22)9-20-5-3-4-6-20/h8,13-16,22H,3-7,9-12H2,1-2H3/t15-,16-/m1/s1. The molecular weight excluding hydrogens is 320 g/mol. The molecule has 1 aromatic rings. The number of aliphatic hydroxyl groups is 1. The molecule has 0 saturated carbocycles. The van der Waals surface area contributed by atoms with Crippen LogP contribution in [-0.2, 0) is 0 Å². The number of piperidine rings is 1. The molecule has 0 aliphatic carbocycles. The molecule has 5 heteroatoms. The predicted molar refractivity (Wildman–Crippen MR) is 98.7 cm³/mol. The number of carbonyl (C=O) groups is 1. The molecule has 0 unspecified atom stereocenters. The Kier molecular flexibility index (Phi) is 5.95. The largest absolute Gasteiger partial charge is 0.396 e. The van der Waals surface area contributed by atoms with Gasteiger partial charge < -0.3 is 14.9 Å². The Balaban J connectivity index is 1.66. The lowest BCUT2D eigenvalue weighted by Crippen LogP contribution is -2.47. The number of amides is 1. The number of nitrogens with zero attached hydrogens (tertiary/aromatic N) is 2. The molecule has 1 amide bonds. The summed E-state index contributed by atoms with van der Waals surface area (Å²) < 4.78 is 0. The molecule has 2 fully saturated rings. The maximum absolute atomic E-state index is 12.9. The highest BCUT2D eigenvalue weighted by atomic mass is 32.1. The summed E-state index contributed by atoms with van der Waals surface area (Å²) in [6.45, 7) is 9.48. The average molecular weight is 351 g/mol. The zero-order valence-corrected chi connectivity index (χ0v) is 15.7. The molecule has 0 spiro atoms. The summed E-state index contributed by atoms with van der Waals surface area (Å²) in [5.41, 5.74) is 0.821. The minimum atomic E-state index is 0.141. The number of hydrogen-bond donors (Lipinski definition) is 1. The number of rotatable bonds is 5. The van der Waals surface area contributed by atoms with Crippen molar-refractivity contribution in [1.29, 1.82) is 0 Å². The molecule has 2 aliphatic rings. The second-order valence-corrected chi connectivity index (χ2v) is 8.70. The van der Waals surface area contributed by atoms with Crippen LogP contribution in [0.15, 0.2) is 11.4 Å². The van der Waals surface area contributed by atoms with Gasteiger partial charge in [-0.2, -0.15) is 0 Å². The van der Waals surface area contributed by atoms with E-state index in [0.717, 1.165) is 25.1 Å². The normalized spacial score (nSPS) is 25.6. The average Bonchev–Trinajstić information content (AvgIpc) is 3.25. The Morgan fingerprint density at radius 1 is 1.29 bits per heavy atom. The van der Waals surface area contributed by atoms with Crippen molar-refractivity contribution in [3.05, 3.63) is 21.9 Å². The van der Waals surface area contributed by atoms with Gasteiger partial charge in [0.2, 0.25) is 0 Å². The van der Waals surface area contributed by atoms with E-state index in [9.17, 15) is 9.90 Å². The molecule has 2 saturated heterocycles. The lowest BCUT2D eigenvalue weighted by Gasteiger charge is -2.38. The van der Waals surface area contributed by atoms with Crippen LogP contribution in [0.1, 0.15) is 54.3 Å². The minimum absolute atomic E-state index is 0.141. The highest BCUT2D eigenvalue weighted by Crippen LogP contribution is 2.28.